The molecule has 24 heavy (non-hydrogen) atoms. The Bertz CT molecular complexity index is 873. The molecule has 0 aliphatic heterocycles. The average molecular weight is 344 g/mol. The lowest BCUT2D eigenvalue weighted by Gasteiger charge is -2.16. The molecule has 0 aromatic carbocycles. The van der Waals surface area contributed by atoms with Crippen molar-refractivity contribution in [2.24, 2.45) is 0 Å². The van der Waals surface area contributed by atoms with Gasteiger partial charge in [0.25, 0.3) is 5.91 Å². The highest BCUT2D eigenvalue weighted by Gasteiger charge is 2.21. The first kappa shape index (κ1) is 16.1. The van der Waals surface area contributed by atoms with Gasteiger partial charge in [0.1, 0.15) is 0 Å². The molecule has 0 aliphatic rings. The maximum absolute atomic E-state index is 12.6. The van der Waals surface area contributed by atoms with Gasteiger partial charge in [0, 0.05) is 22.2 Å². The van der Waals surface area contributed by atoms with Gasteiger partial charge >= 0.3 is 5.97 Å². The van der Waals surface area contributed by atoms with E-state index in [2.05, 4.69) is 20.5 Å². The molecule has 8 heteroatoms. The summed E-state index contributed by atoms with van der Waals surface area (Å²) in [6.45, 7) is 1.87. The number of methoxy groups -OCH3 is 1. The number of hydrogen-bond acceptors (Lipinski definition) is 6. The highest BCUT2D eigenvalue weighted by molar-refractivity contribution is 7.10. The van der Waals surface area contributed by atoms with Crippen LogP contribution in [0.3, 0.4) is 0 Å². The van der Waals surface area contributed by atoms with Crippen molar-refractivity contribution in [3.8, 4) is 0 Å². The van der Waals surface area contributed by atoms with E-state index in [0.29, 0.717) is 11.2 Å². The number of amides is 1. The molecular weight excluding hydrogens is 328 g/mol. The van der Waals surface area contributed by atoms with Gasteiger partial charge in [-0.2, -0.15) is 5.10 Å². The van der Waals surface area contributed by atoms with Crippen LogP contribution in [-0.4, -0.2) is 34.2 Å². The van der Waals surface area contributed by atoms with Crippen LogP contribution in [0.2, 0.25) is 0 Å². The third-order valence-electron chi connectivity index (χ3n) is 3.65. The number of fused-ring (bicyclic) bond motifs is 1. The Hall–Kier alpha value is -2.74. The van der Waals surface area contributed by atoms with Crippen molar-refractivity contribution in [1.82, 2.24) is 20.5 Å². The van der Waals surface area contributed by atoms with Gasteiger partial charge in [-0.05, 0) is 24.4 Å². The molecule has 0 saturated heterocycles. The van der Waals surface area contributed by atoms with Gasteiger partial charge < -0.3 is 10.1 Å². The van der Waals surface area contributed by atoms with Crippen LogP contribution < -0.4 is 5.32 Å². The summed E-state index contributed by atoms with van der Waals surface area (Å²) < 4.78 is 4.72. The molecule has 0 spiro atoms. The van der Waals surface area contributed by atoms with Crippen molar-refractivity contribution in [3.05, 3.63) is 45.9 Å². The number of ether oxygens (including phenoxy) is 1. The highest BCUT2D eigenvalue weighted by Crippen LogP contribution is 2.23. The Balaban J connectivity index is 1.83. The summed E-state index contributed by atoms with van der Waals surface area (Å²) >= 11 is 1.47. The molecule has 0 aliphatic carbocycles. The number of aromatic nitrogens is 3. The van der Waals surface area contributed by atoms with Gasteiger partial charge in [-0.15, -0.1) is 11.3 Å². The number of esters is 1. The monoisotopic (exact) mass is 344 g/mol. The van der Waals surface area contributed by atoms with Crippen LogP contribution in [0.1, 0.15) is 33.4 Å². The maximum atomic E-state index is 12.6. The van der Waals surface area contributed by atoms with E-state index in [1.54, 1.807) is 6.07 Å². The molecule has 7 nitrogen and oxygen atoms in total. The molecule has 2 N–H and O–H groups in total. The number of thiophene rings is 1. The minimum atomic E-state index is -0.439. The average Bonchev–Trinajstić information content (AvgIpc) is 3.24. The van der Waals surface area contributed by atoms with E-state index >= 15 is 0 Å². The molecule has 0 fully saturated rings. The second-order valence-corrected chi connectivity index (χ2v) is 6.24. The number of carbonyl (C=O) groups is 2. The third kappa shape index (κ3) is 3.28. The molecule has 1 amide bonds. The van der Waals surface area contributed by atoms with Crippen LogP contribution in [-0.2, 0) is 9.53 Å². The fourth-order valence-electron chi connectivity index (χ4n) is 2.35. The van der Waals surface area contributed by atoms with Crippen LogP contribution >= 0.6 is 11.3 Å². The van der Waals surface area contributed by atoms with E-state index in [0.717, 1.165) is 16.0 Å². The number of hydrogen-bond donors (Lipinski definition) is 2. The molecule has 0 saturated carbocycles. The van der Waals surface area contributed by atoms with Gasteiger partial charge in [-0.1, -0.05) is 6.07 Å². The van der Waals surface area contributed by atoms with Gasteiger partial charge in [0.2, 0.25) is 0 Å². The van der Waals surface area contributed by atoms with E-state index in [1.165, 1.54) is 24.6 Å². The lowest BCUT2D eigenvalue weighted by Crippen LogP contribution is -2.30. The lowest BCUT2D eigenvalue weighted by atomic mass is 10.1. The van der Waals surface area contributed by atoms with E-state index in [1.807, 2.05) is 24.4 Å². The standard InChI is InChI=1S/C16H16N4O3S/c1-9-11-6-10(8-17-15(11)20-19-9)16(22)18-12(7-14(21)23-2)13-4-3-5-24-13/h3-6,8,12H,7H2,1-2H3,(H,18,22)(H,17,19,20). The molecule has 0 radical (unpaired) electrons. The number of pyridine rings is 1. The smallest absolute Gasteiger partial charge is 0.307 e. The van der Waals surface area contributed by atoms with Crippen LogP contribution in [0.4, 0.5) is 0 Å². The van der Waals surface area contributed by atoms with Crippen molar-refractivity contribution in [1.29, 1.82) is 0 Å². The maximum Gasteiger partial charge on any atom is 0.307 e. The molecule has 3 aromatic heterocycles. The Labute approximate surface area is 142 Å². The van der Waals surface area contributed by atoms with Crippen LogP contribution in [0.5, 0.6) is 0 Å². The third-order valence-corrected chi connectivity index (χ3v) is 4.64. The second kappa shape index (κ2) is 6.79. The SMILES string of the molecule is COC(=O)CC(NC(=O)c1cnc2n[nH]c(C)c2c1)c1cccs1. The summed E-state index contributed by atoms with van der Waals surface area (Å²) in [7, 11) is 1.33. The molecular formula is C16H16N4O3S. The second-order valence-electron chi connectivity index (χ2n) is 5.27. The topological polar surface area (TPSA) is 97.0 Å². The lowest BCUT2D eigenvalue weighted by molar-refractivity contribution is -0.141. The predicted molar refractivity (Wildman–Crippen MR) is 89.8 cm³/mol. The summed E-state index contributed by atoms with van der Waals surface area (Å²) in [6.07, 6.45) is 1.55. The Morgan fingerprint density at radius 3 is 3.00 bits per heavy atom. The molecule has 124 valence electrons. The number of carbonyl (C=O) groups excluding carboxylic acids is 2. The van der Waals surface area contributed by atoms with Crippen LogP contribution in [0.25, 0.3) is 11.0 Å². The first-order chi connectivity index (χ1) is 11.6. The summed E-state index contributed by atoms with van der Waals surface area (Å²) in [5.74, 6) is -0.680. The Kier molecular flexibility index (Phi) is 4.57. The van der Waals surface area contributed by atoms with E-state index < -0.39 is 6.04 Å². The largest absolute Gasteiger partial charge is 0.469 e. The Morgan fingerprint density at radius 2 is 2.29 bits per heavy atom. The summed E-state index contributed by atoms with van der Waals surface area (Å²) in [6, 6.07) is 5.05. The van der Waals surface area contributed by atoms with Crippen molar-refractivity contribution in [2.45, 2.75) is 19.4 Å². The fourth-order valence-corrected chi connectivity index (χ4v) is 3.13. The van der Waals surface area contributed by atoms with Crippen molar-refractivity contribution < 1.29 is 14.3 Å². The molecule has 1 atom stereocenters. The zero-order valence-electron chi connectivity index (χ0n) is 13.2. The highest BCUT2D eigenvalue weighted by atomic mass is 32.1. The van der Waals surface area contributed by atoms with Gasteiger partial charge in [0.15, 0.2) is 5.65 Å². The molecule has 0 bridgehead atoms. The minimum absolute atomic E-state index is 0.0726. The summed E-state index contributed by atoms with van der Waals surface area (Å²) in [5.41, 5.74) is 1.82. The van der Waals surface area contributed by atoms with Gasteiger partial charge in [-0.3, -0.25) is 14.7 Å². The van der Waals surface area contributed by atoms with Crippen LogP contribution in [0, 0.1) is 6.92 Å². The zero-order chi connectivity index (χ0) is 17.1. The fraction of sp³-hybridized carbons (Fsp3) is 0.250. The molecule has 3 rings (SSSR count). The van der Waals surface area contributed by atoms with Gasteiger partial charge in [0.05, 0.1) is 25.1 Å². The van der Waals surface area contributed by atoms with Crippen molar-refractivity contribution in [2.75, 3.05) is 7.11 Å². The van der Waals surface area contributed by atoms with Gasteiger partial charge in [-0.25, -0.2) is 4.98 Å². The predicted octanol–water partition coefficient (Wildman–Crippen LogP) is 2.36. The van der Waals surface area contributed by atoms with Crippen LogP contribution in [0.15, 0.2) is 29.8 Å². The molecule has 3 aromatic rings. The van der Waals surface area contributed by atoms with Crippen molar-refractivity contribution >= 4 is 34.2 Å². The van der Waals surface area contributed by atoms with E-state index in [9.17, 15) is 9.59 Å². The minimum Gasteiger partial charge on any atom is -0.469 e. The number of aromatic amines is 1. The molecule has 3 heterocycles. The summed E-state index contributed by atoms with van der Waals surface area (Å²) in [4.78, 5) is 29.3. The van der Waals surface area contributed by atoms with Crippen molar-refractivity contribution in [3.63, 3.8) is 0 Å². The molecule has 1 unspecified atom stereocenters. The number of aryl methyl sites for hydroxylation is 1. The summed E-state index contributed by atoms with van der Waals surface area (Å²) in [5, 5.41) is 12.4. The quantitative estimate of drug-likeness (QED) is 0.693. The zero-order valence-corrected chi connectivity index (χ0v) is 14.0. The first-order valence-electron chi connectivity index (χ1n) is 7.30. The number of H-pyrrole nitrogens is 1. The Morgan fingerprint density at radius 1 is 1.46 bits per heavy atom. The first-order valence-corrected chi connectivity index (χ1v) is 8.18. The number of rotatable bonds is 5. The van der Waals surface area contributed by atoms with E-state index in [4.69, 9.17) is 4.74 Å². The van der Waals surface area contributed by atoms with E-state index in [-0.39, 0.29) is 18.3 Å². The number of nitrogens with zero attached hydrogens (tertiary/aromatic N) is 2. The number of nitrogens with one attached hydrogen (secondary N) is 2. The normalized spacial score (nSPS) is 12.1.